The largest absolute Gasteiger partial charge is 0.497 e. The fraction of sp³-hybridized carbons (Fsp3) is 0.500. The Balaban J connectivity index is 1.90. The van der Waals surface area contributed by atoms with Gasteiger partial charge in [-0.25, -0.2) is 0 Å². The second-order valence-corrected chi connectivity index (χ2v) is 4.84. The van der Waals surface area contributed by atoms with E-state index in [2.05, 4.69) is 17.6 Å². The molecule has 2 rings (SSSR count). The molecular formula is C14H20N2O2. The summed E-state index contributed by atoms with van der Waals surface area (Å²) in [6, 6.07) is 7.88. The molecule has 2 N–H and O–H groups in total. The van der Waals surface area contributed by atoms with Gasteiger partial charge >= 0.3 is 0 Å². The van der Waals surface area contributed by atoms with Crippen LogP contribution in [0.25, 0.3) is 0 Å². The van der Waals surface area contributed by atoms with E-state index in [0.717, 1.165) is 24.4 Å². The van der Waals surface area contributed by atoms with Crippen LogP contribution in [0.4, 0.5) is 0 Å². The van der Waals surface area contributed by atoms with Crippen molar-refractivity contribution in [3.8, 4) is 5.75 Å². The Labute approximate surface area is 108 Å². The normalized spacial score (nSPS) is 22.8. The van der Waals surface area contributed by atoms with E-state index in [4.69, 9.17) is 4.74 Å². The second kappa shape index (κ2) is 5.87. The monoisotopic (exact) mass is 248 g/mol. The van der Waals surface area contributed by atoms with Gasteiger partial charge in [0.2, 0.25) is 5.91 Å². The first-order chi connectivity index (χ1) is 8.69. The zero-order valence-electron chi connectivity index (χ0n) is 10.9. The van der Waals surface area contributed by atoms with Crippen LogP contribution in [0, 0.1) is 5.92 Å². The van der Waals surface area contributed by atoms with Crippen LogP contribution >= 0.6 is 0 Å². The Morgan fingerprint density at radius 2 is 2.33 bits per heavy atom. The molecule has 0 aliphatic carbocycles. The van der Waals surface area contributed by atoms with Crippen LogP contribution < -0.4 is 15.4 Å². The molecule has 1 aromatic carbocycles. The van der Waals surface area contributed by atoms with E-state index in [1.165, 1.54) is 0 Å². The van der Waals surface area contributed by atoms with Gasteiger partial charge in [0.05, 0.1) is 13.5 Å². The third-order valence-electron chi connectivity index (χ3n) is 3.36. The summed E-state index contributed by atoms with van der Waals surface area (Å²) < 4.78 is 5.15. The van der Waals surface area contributed by atoms with Crippen molar-refractivity contribution in [3.05, 3.63) is 29.8 Å². The third-order valence-corrected chi connectivity index (χ3v) is 3.36. The molecule has 0 aromatic heterocycles. The summed E-state index contributed by atoms with van der Waals surface area (Å²) in [6.07, 6.45) is 0.403. The molecule has 2 atom stereocenters. The zero-order chi connectivity index (χ0) is 13.0. The van der Waals surface area contributed by atoms with Gasteiger partial charge in [0.15, 0.2) is 0 Å². The number of hydrogen-bond donors (Lipinski definition) is 2. The lowest BCUT2D eigenvalue weighted by Gasteiger charge is -2.16. The van der Waals surface area contributed by atoms with Crippen molar-refractivity contribution in [3.63, 3.8) is 0 Å². The Hall–Kier alpha value is -1.55. The summed E-state index contributed by atoms with van der Waals surface area (Å²) in [5, 5.41) is 6.35. The van der Waals surface area contributed by atoms with E-state index >= 15 is 0 Å². The number of benzene rings is 1. The molecule has 0 radical (unpaired) electrons. The van der Waals surface area contributed by atoms with E-state index in [0.29, 0.717) is 12.3 Å². The highest BCUT2D eigenvalue weighted by Gasteiger charge is 2.24. The first-order valence-corrected chi connectivity index (χ1v) is 6.32. The van der Waals surface area contributed by atoms with Crippen LogP contribution in [0.5, 0.6) is 5.75 Å². The number of nitrogens with one attached hydrogen (secondary N) is 2. The summed E-state index contributed by atoms with van der Waals surface area (Å²) in [5.74, 6) is 1.36. The van der Waals surface area contributed by atoms with Crippen molar-refractivity contribution in [2.24, 2.45) is 5.92 Å². The van der Waals surface area contributed by atoms with Crippen molar-refractivity contribution in [1.29, 1.82) is 0 Å². The lowest BCUT2D eigenvalue weighted by Crippen LogP contribution is -2.40. The van der Waals surface area contributed by atoms with E-state index in [1.54, 1.807) is 7.11 Å². The van der Waals surface area contributed by atoms with Crippen molar-refractivity contribution in [2.75, 3.05) is 20.2 Å². The van der Waals surface area contributed by atoms with Gasteiger partial charge in [0.1, 0.15) is 5.75 Å². The quantitative estimate of drug-likeness (QED) is 0.834. The Morgan fingerprint density at radius 3 is 3.00 bits per heavy atom. The van der Waals surface area contributed by atoms with Crippen LogP contribution in [0.1, 0.15) is 12.5 Å². The molecule has 0 saturated carbocycles. The standard InChI is InChI=1S/C14H20N2O2/c1-10-8-15-9-13(10)16-14(17)7-11-4-3-5-12(6-11)18-2/h3-6,10,13,15H,7-9H2,1-2H3,(H,16,17). The maximum Gasteiger partial charge on any atom is 0.224 e. The van der Waals surface area contributed by atoms with Gasteiger partial charge < -0.3 is 15.4 Å². The van der Waals surface area contributed by atoms with Gasteiger partial charge in [0, 0.05) is 12.6 Å². The lowest BCUT2D eigenvalue weighted by molar-refractivity contribution is -0.121. The first-order valence-electron chi connectivity index (χ1n) is 6.32. The van der Waals surface area contributed by atoms with E-state index in [1.807, 2.05) is 24.3 Å². The number of rotatable bonds is 4. The number of hydrogen-bond acceptors (Lipinski definition) is 3. The van der Waals surface area contributed by atoms with Crippen LogP contribution in [0.15, 0.2) is 24.3 Å². The molecule has 1 aliphatic heterocycles. The molecular weight excluding hydrogens is 228 g/mol. The summed E-state index contributed by atoms with van der Waals surface area (Å²) >= 11 is 0. The summed E-state index contributed by atoms with van der Waals surface area (Å²) in [4.78, 5) is 11.9. The van der Waals surface area contributed by atoms with E-state index < -0.39 is 0 Å². The minimum absolute atomic E-state index is 0.0730. The smallest absolute Gasteiger partial charge is 0.224 e. The molecule has 0 spiro atoms. The SMILES string of the molecule is COc1cccc(CC(=O)NC2CNCC2C)c1. The Bertz CT molecular complexity index is 420. The highest BCUT2D eigenvalue weighted by Crippen LogP contribution is 2.13. The molecule has 4 nitrogen and oxygen atoms in total. The number of carbonyl (C=O) groups is 1. The minimum atomic E-state index is 0.0730. The average Bonchev–Trinajstić information content (AvgIpc) is 2.75. The number of ether oxygens (including phenoxy) is 1. The molecule has 1 aliphatic rings. The molecule has 1 aromatic rings. The summed E-state index contributed by atoms with van der Waals surface area (Å²) in [5.41, 5.74) is 0.977. The van der Waals surface area contributed by atoms with Crippen LogP contribution in [0.2, 0.25) is 0 Å². The fourth-order valence-corrected chi connectivity index (χ4v) is 2.23. The van der Waals surface area contributed by atoms with Crippen LogP contribution in [-0.4, -0.2) is 32.1 Å². The van der Waals surface area contributed by atoms with Crippen molar-refractivity contribution in [1.82, 2.24) is 10.6 Å². The molecule has 1 saturated heterocycles. The van der Waals surface area contributed by atoms with Gasteiger partial charge in [-0.3, -0.25) is 4.79 Å². The predicted molar refractivity (Wildman–Crippen MR) is 70.7 cm³/mol. The van der Waals surface area contributed by atoms with E-state index in [9.17, 15) is 4.79 Å². The molecule has 2 unspecified atom stereocenters. The predicted octanol–water partition coefficient (Wildman–Crippen LogP) is 0.962. The minimum Gasteiger partial charge on any atom is -0.497 e. The third kappa shape index (κ3) is 3.23. The van der Waals surface area contributed by atoms with Gasteiger partial charge in [-0.2, -0.15) is 0 Å². The highest BCUT2D eigenvalue weighted by atomic mass is 16.5. The van der Waals surface area contributed by atoms with Gasteiger partial charge in [-0.1, -0.05) is 19.1 Å². The molecule has 1 heterocycles. The van der Waals surface area contributed by atoms with Gasteiger partial charge in [-0.15, -0.1) is 0 Å². The molecule has 1 fully saturated rings. The summed E-state index contributed by atoms with van der Waals surface area (Å²) in [7, 11) is 1.63. The Kier molecular flexibility index (Phi) is 4.20. The number of amides is 1. The molecule has 1 amide bonds. The highest BCUT2D eigenvalue weighted by molar-refractivity contribution is 5.79. The van der Waals surface area contributed by atoms with Gasteiger partial charge in [0.25, 0.3) is 0 Å². The fourth-order valence-electron chi connectivity index (χ4n) is 2.23. The first kappa shape index (κ1) is 12.9. The zero-order valence-corrected chi connectivity index (χ0v) is 10.9. The molecule has 98 valence electrons. The van der Waals surface area contributed by atoms with Crippen molar-refractivity contribution in [2.45, 2.75) is 19.4 Å². The molecule has 0 bridgehead atoms. The van der Waals surface area contributed by atoms with Crippen LogP contribution in [0.3, 0.4) is 0 Å². The lowest BCUT2D eigenvalue weighted by atomic mass is 10.1. The van der Waals surface area contributed by atoms with E-state index in [-0.39, 0.29) is 11.9 Å². The summed E-state index contributed by atoms with van der Waals surface area (Å²) in [6.45, 7) is 3.99. The van der Waals surface area contributed by atoms with Crippen LogP contribution in [-0.2, 0) is 11.2 Å². The number of methoxy groups -OCH3 is 1. The van der Waals surface area contributed by atoms with Crippen molar-refractivity contribution >= 4 is 5.91 Å². The maximum absolute atomic E-state index is 11.9. The average molecular weight is 248 g/mol. The maximum atomic E-state index is 11.9. The topological polar surface area (TPSA) is 50.4 Å². The molecule has 18 heavy (non-hydrogen) atoms. The Morgan fingerprint density at radius 1 is 1.50 bits per heavy atom. The van der Waals surface area contributed by atoms with Gasteiger partial charge in [-0.05, 0) is 30.2 Å². The van der Waals surface area contributed by atoms with Crippen molar-refractivity contribution < 1.29 is 9.53 Å². The second-order valence-electron chi connectivity index (χ2n) is 4.84. The molecule has 4 heteroatoms. The number of carbonyl (C=O) groups excluding carboxylic acids is 1.